The minimum atomic E-state index is -4.42. The summed E-state index contributed by atoms with van der Waals surface area (Å²) in [5.41, 5.74) is -1.63. The van der Waals surface area contributed by atoms with Gasteiger partial charge in [0.25, 0.3) is 5.92 Å². The molecule has 0 rings (SSSR count). The van der Waals surface area contributed by atoms with Crippen LogP contribution in [0.1, 0.15) is 47.0 Å². The van der Waals surface area contributed by atoms with Crippen LogP contribution in [0.4, 0.5) is 22.0 Å². The summed E-state index contributed by atoms with van der Waals surface area (Å²) in [5, 5.41) is 0. The Hall–Kier alpha value is -0.390. The lowest BCUT2D eigenvalue weighted by Crippen LogP contribution is -2.37. The van der Waals surface area contributed by atoms with Crippen molar-refractivity contribution in [3.8, 4) is 0 Å². The third-order valence-electron chi connectivity index (χ3n) is 2.64. The van der Waals surface area contributed by atoms with Crippen molar-refractivity contribution in [2.24, 2.45) is 5.92 Å². The maximum absolute atomic E-state index is 13.4. The van der Waals surface area contributed by atoms with E-state index >= 15 is 0 Å². The maximum atomic E-state index is 13.4. The van der Waals surface area contributed by atoms with Gasteiger partial charge < -0.3 is 4.74 Å². The van der Waals surface area contributed by atoms with Gasteiger partial charge in [-0.1, -0.05) is 20.3 Å². The van der Waals surface area contributed by atoms with Gasteiger partial charge in [0.1, 0.15) is 6.61 Å². The highest BCUT2D eigenvalue weighted by Gasteiger charge is 2.40. The third kappa shape index (κ3) is 8.66. The van der Waals surface area contributed by atoms with Crippen LogP contribution in [0.3, 0.4) is 0 Å². The molecule has 0 spiro atoms. The molecule has 0 aromatic heterocycles. The first-order valence-corrected chi connectivity index (χ1v) is 5.95. The fourth-order valence-corrected chi connectivity index (χ4v) is 1.55. The van der Waals surface area contributed by atoms with Crippen LogP contribution in [-0.2, 0) is 4.74 Å². The van der Waals surface area contributed by atoms with E-state index in [2.05, 4.69) is 0 Å². The van der Waals surface area contributed by atoms with Gasteiger partial charge in [-0.3, -0.25) is 0 Å². The molecule has 0 heterocycles. The summed E-state index contributed by atoms with van der Waals surface area (Å²) in [5.74, 6) is -3.27. The zero-order valence-corrected chi connectivity index (χ0v) is 11.2. The maximum Gasteiger partial charge on any atom is 0.391 e. The van der Waals surface area contributed by atoms with Gasteiger partial charge in [-0.15, -0.1) is 0 Å². The van der Waals surface area contributed by atoms with Crippen molar-refractivity contribution in [1.29, 1.82) is 0 Å². The molecule has 1 unspecified atom stereocenters. The lowest BCUT2D eigenvalue weighted by atomic mass is 10.00. The van der Waals surface area contributed by atoms with Gasteiger partial charge in [-0.2, -0.15) is 13.2 Å². The van der Waals surface area contributed by atoms with E-state index in [1.54, 1.807) is 13.8 Å². The topological polar surface area (TPSA) is 9.23 Å². The summed E-state index contributed by atoms with van der Waals surface area (Å²) in [4.78, 5) is 0. The summed E-state index contributed by atoms with van der Waals surface area (Å²) < 4.78 is 68.1. The lowest BCUT2D eigenvalue weighted by Gasteiger charge is -2.29. The summed E-state index contributed by atoms with van der Waals surface area (Å²) in [6, 6.07) is 0. The first kappa shape index (κ1) is 17.6. The second kappa shape index (κ2) is 6.17. The van der Waals surface area contributed by atoms with Crippen molar-refractivity contribution in [3.63, 3.8) is 0 Å². The molecule has 0 aromatic carbocycles. The van der Waals surface area contributed by atoms with Crippen LogP contribution >= 0.6 is 0 Å². The normalized spacial score (nSPS) is 15.8. The molecule has 1 atom stereocenters. The van der Waals surface area contributed by atoms with E-state index in [9.17, 15) is 22.0 Å². The number of halogens is 5. The minimum absolute atomic E-state index is 0.186. The first-order valence-electron chi connectivity index (χ1n) is 5.95. The number of alkyl halides is 5. The van der Waals surface area contributed by atoms with Crippen LogP contribution in [0, 0.1) is 5.92 Å². The fraction of sp³-hybridized carbons (Fsp3) is 1.00. The summed E-state index contributed by atoms with van der Waals surface area (Å²) in [7, 11) is 0. The van der Waals surface area contributed by atoms with Gasteiger partial charge in [0.05, 0.1) is 12.0 Å². The molecule has 0 fully saturated rings. The van der Waals surface area contributed by atoms with Crippen LogP contribution in [0.25, 0.3) is 0 Å². The predicted octanol–water partition coefficient (Wildman–Crippen LogP) is 4.81. The quantitative estimate of drug-likeness (QED) is 0.606. The molecule has 110 valence electrons. The average molecular weight is 276 g/mol. The molecular weight excluding hydrogens is 255 g/mol. The molecule has 0 saturated carbocycles. The monoisotopic (exact) mass is 276 g/mol. The number of hydrogen-bond donors (Lipinski definition) is 0. The zero-order valence-electron chi connectivity index (χ0n) is 11.2. The van der Waals surface area contributed by atoms with Gasteiger partial charge in [0.2, 0.25) is 0 Å². The zero-order chi connectivity index (χ0) is 14.6. The Morgan fingerprint density at radius 1 is 1.06 bits per heavy atom. The van der Waals surface area contributed by atoms with Crippen molar-refractivity contribution in [2.75, 3.05) is 6.61 Å². The smallest absolute Gasteiger partial charge is 0.369 e. The Bertz CT molecular complexity index is 247. The summed E-state index contributed by atoms with van der Waals surface area (Å²) in [6.07, 6.45) is -5.43. The van der Waals surface area contributed by atoms with Gasteiger partial charge >= 0.3 is 6.18 Å². The van der Waals surface area contributed by atoms with E-state index in [1.807, 2.05) is 0 Å². The van der Waals surface area contributed by atoms with Crippen LogP contribution in [-0.4, -0.2) is 24.3 Å². The van der Waals surface area contributed by atoms with Gasteiger partial charge in [-0.25, -0.2) is 8.78 Å². The largest absolute Gasteiger partial charge is 0.391 e. The van der Waals surface area contributed by atoms with Crippen molar-refractivity contribution < 1.29 is 26.7 Å². The molecule has 0 aliphatic carbocycles. The third-order valence-corrected chi connectivity index (χ3v) is 2.64. The van der Waals surface area contributed by atoms with Crippen LogP contribution in [0.15, 0.2) is 0 Å². The molecule has 0 aromatic rings. The Balaban J connectivity index is 4.29. The molecule has 6 heteroatoms. The highest BCUT2D eigenvalue weighted by molar-refractivity contribution is 4.76. The Labute approximate surface area is 105 Å². The van der Waals surface area contributed by atoms with Crippen molar-refractivity contribution in [3.05, 3.63) is 0 Å². The average Bonchev–Trinajstić information content (AvgIpc) is 2.11. The number of hydrogen-bond acceptors (Lipinski definition) is 1. The molecule has 0 radical (unpaired) electrons. The van der Waals surface area contributed by atoms with E-state index in [0.29, 0.717) is 6.42 Å². The van der Waals surface area contributed by atoms with Crippen molar-refractivity contribution >= 4 is 0 Å². The molecular formula is C12H21F5O. The lowest BCUT2D eigenvalue weighted by molar-refractivity contribution is -0.200. The molecule has 0 aliphatic rings. The van der Waals surface area contributed by atoms with Gasteiger partial charge in [0.15, 0.2) is 0 Å². The summed E-state index contributed by atoms with van der Waals surface area (Å²) in [6.45, 7) is 4.82. The fourth-order valence-electron chi connectivity index (χ4n) is 1.55. The SMILES string of the molecule is CCC(C)CC(F)(F)COC(C)(C)CC(F)(F)F. The Morgan fingerprint density at radius 2 is 1.56 bits per heavy atom. The van der Waals surface area contributed by atoms with Crippen LogP contribution in [0.5, 0.6) is 0 Å². The molecule has 0 amide bonds. The molecule has 0 bridgehead atoms. The number of rotatable bonds is 7. The predicted molar refractivity (Wildman–Crippen MR) is 59.7 cm³/mol. The Kier molecular flexibility index (Phi) is 6.04. The van der Waals surface area contributed by atoms with Gasteiger partial charge in [0, 0.05) is 6.42 Å². The van der Waals surface area contributed by atoms with Crippen molar-refractivity contribution in [2.45, 2.75) is 64.7 Å². The van der Waals surface area contributed by atoms with Crippen LogP contribution in [0.2, 0.25) is 0 Å². The van der Waals surface area contributed by atoms with E-state index in [4.69, 9.17) is 4.74 Å². The molecule has 18 heavy (non-hydrogen) atoms. The van der Waals surface area contributed by atoms with Gasteiger partial charge in [-0.05, 0) is 19.8 Å². The molecule has 0 aliphatic heterocycles. The van der Waals surface area contributed by atoms with E-state index in [0.717, 1.165) is 0 Å². The van der Waals surface area contributed by atoms with E-state index < -0.39 is 30.7 Å². The van der Waals surface area contributed by atoms with E-state index in [-0.39, 0.29) is 12.3 Å². The van der Waals surface area contributed by atoms with Crippen molar-refractivity contribution in [1.82, 2.24) is 0 Å². The standard InChI is InChI=1S/C12H21F5O/c1-5-9(2)6-11(13,14)8-18-10(3,4)7-12(15,16)17/h9H,5-8H2,1-4H3. The first-order chi connectivity index (χ1) is 7.87. The second-order valence-electron chi connectivity index (χ2n) is 5.41. The highest BCUT2D eigenvalue weighted by atomic mass is 19.4. The van der Waals surface area contributed by atoms with E-state index in [1.165, 1.54) is 13.8 Å². The highest BCUT2D eigenvalue weighted by Crippen LogP contribution is 2.32. The van der Waals surface area contributed by atoms with Crippen LogP contribution < -0.4 is 0 Å². The second-order valence-corrected chi connectivity index (χ2v) is 5.41. The summed E-state index contributed by atoms with van der Waals surface area (Å²) >= 11 is 0. The Morgan fingerprint density at radius 3 is 1.94 bits per heavy atom. The minimum Gasteiger partial charge on any atom is -0.369 e. The number of ether oxygens (including phenoxy) is 1. The molecule has 0 N–H and O–H groups in total. The molecule has 0 saturated heterocycles. The molecule has 1 nitrogen and oxygen atoms in total.